The minimum Gasteiger partial charge on any atom is -0.481 e. The van der Waals surface area contributed by atoms with Crippen molar-refractivity contribution in [1.29, 1.82) is 0 Å². The second-order valence-corrected chi connectivity index (χ2v) is 5.36. The van der Waals surface area contributed by atoms with Crippen LogP contribution in [-0.4, -0.2) is 57.9 Å². The van der Waals surface area contributed by atoms with Crippen molar-refractivity contribution in [1.82, 2.24) is 10.6 Å². The minimum atomic E-state index is -1.60. The molecule has 0 fully saturated rings. The topological polar surface area (TPSA) is 162 Å². The highest BCUT2D eigenvalue weighted by molar-refractivity contribution is 5.86. The Morgan fingerprint density at radius 2 is 1.69 bits per heavy atom. The van der Waals surface area contributed by atoms with Crippen molar-refractivity contribution in [2.24, 2.45) is 0 Å². The zero-order chi connectivity index (χ0) is 19.5. The number of benzene rings is 1. The summed E-state index contributed by atoms with van der Waals surface area (Å²) in [4.78, 5) is 44.5. The van der Waals surface area contributed by atoms with Crippen LogP contribution >= 0.6 is 0 Å². The van der Waals surface area contributed by atoms with Crippen LogP contribution < -0.4 is 10.6 Å². The first-order chi connectivity index (χ1) is 12.3. The molecule has 5 N–H and O–H groups in total. The maximum atomic E-state index is 11.6. The second-order valence-electron chi connectivity index (χ2n) is 5.36. The first kappa shape index (κ1) is 20.9. The highest BCUT2D eigenvalue weighted by Crippen LogP contribution is 2.01. The summed E-state index contributed by atoms with van der Waals surface area (Å²) in [7, 11) is 0. The van der Waals surface area contributed by atoms with Crippen LogP contribution in [0.1, 0.15) is 18.4 Å². The smallest absolute Gasteiger partial charge is 0.407 e. The van der Waals surface area contributed by atoms with Crippen LogP contribution in [0.4, 0.5) is 4.79 Å². The highest BCUT2D eigenvalue weighted by Gasteiger charge is 2.24. The van der Waals surface area contributed by atoms with Crippen molar-refractivity contribution < 1.29 is 39.2 Å². The van der Waals surface area contributed by atoms with E-state index in [2.05, 4.69) is 5.32 Å². The first-order valence-electron chi connectivity index (χ1n) is 7.64. The fourth-order valence-corrected chi connectivity index (χ4v) is 1.89. The normalized spacial score (nSPS) is 12.5. The largest absolute Gasteiger partial charge is 0.481 e. The van der Waals surface area contributed by atoms with E-state index in [1.165, 1.54) is 0 Å². The van der Waals surface area contributed by atoms with E-state index in [9.17, 15) is 24.3 Å². The lowest BCUT2D eigenvalue weighted by Gasteiger charge is -2.15. The number of rotatable bonds is 10. The lowest BCUT2D eigenvalue weighted by Crippen LogP contribution is -2.44. The lowest BCUT2D eigenvalue weighted by molar-refractivity contribution is -0.147. The van der Waals surface area contributed by atoms with Crippen molar-refractivity contribution in [3.8, 4) is 0 Å². The Bertz CT molecular complexity index is 634. The Hall–Kier alpha value is -3.14. The molecular weight excluding hydrogens is 348 g/mol. The van der Waals surface area contributed by atoms with Crippen LogP contribution in [0.15, 0.2) is 30.3 Å². The Morgan fingerprint density at radius 1 is 1.04 bits per heavy atom. The summed E-state index contributed by atoms with van der Waals surface area (Å²) in [5.74, 6) is -3.75. The standard InChI is InChI=1S/C16H20N2O8/c19-11(6-13(20)18-12(15(23)24)7-14(21)22)8-17-16(25)26-9-10-4-2-1-3-5-10/h1-5,11-12,19H,6-9H2,(H,17,25)(H,18,20)(H,21,22)(H,23,24)/t11-,12-/m0/s1. The zero-order valence-electron chi connectivity index (χ0n) is 13.8. The minimum absolute atomic E-state index is 0.0404. The van der Waals surface area contributed by atoms with E-state index in [0.29, 0.717) is 0 Å². The molecule has 0 aliphatic carbocycles. The summed E-state index contributed by atoms with van der Waals surface area (Å²) in [6.45, 7) is -0.254. The van der Waals surface area contributed by atoms with E-state index in [4.69, 9.17) is 14.9 Å². The van der Waals surface area contributed by atoms with Gasteiger partial charge >= 0.3 is 18.0 Å². The molecule has 0 spiro atoms. The molecule has 10 nitrogen and oxygen atoms in total. The van der Waals surface area contributed by atoms with Gasteiger partial charge in [0.2, 0.25) is 5.91 Å². The number of aliphatic carboxylic acids is 2. The fraction of sp³-hybridized carbons (Fsp3) is 0.375. The number of carbonyl (C=O) groups is 4. The molecule has 1 aromatic rings. The van der Waals surface area contributed by atoms with Gasteiger partial charge in [0.05, 0.1) is 18.9 Å². The number of amides is 2. The molecule has 0 saturated carbocycles. The molecule has 2 atom stereocenters. The lowest BCUT2D eigenvalue weighted by atomic mass is 10.2. The fourth-order valence-electron chi connectivity index (χ4n) is 1.89. The van der Waals surface area contributed by atoms with Gasteiger partial charge < -0.3 is 30.7 Å². The van der Waals surface area contributed by atoms with Gasteiger partial charge in [-0.05, 0) is 5.56 Å². The van der Waals surface area contributed by atoms with Crippen molar-refractivity contribution in [2.45, 2.75) is 31.6 Å². The van der Waals surface area contributed by atoms with Crippen LogP contribution in [0.25, 0.3) is 0 Å². The Labute approximate surface area is 148 Å². The van der Waals surface area contributed by atoms with Gasteiger partial charge in [0, 0.05) is 6.54 Å². The molecule has 0 aliphatic heterocycles. The average molecular weight is 368 g/mol. The number of hydrogen-bond donors (Lipinski definition) is 5. The predicted octanol–water partition coefficient (Wildman–Crippen LogP) is -0.292. The van der Waals surface area contributed by atoms with Crippen LogP contribution in [0.5, 0.6) is 0 Å². The van der Waals surface area contributed by atoms with Crippen LogP contribution in [0.3, 0.4) is 0 Å². The Morgan fingerprint density at radius 3 is 2.27 bits per heavy atom. The molecule has 0 heterocycles. The summed E-state index contributed by atoms with van der Waals surface area (Å²) in [5.41, 5.74) is 0.778. The van der Waals surface area contributed by atoms with E-state index in [0.717, 1.165) is 5.56 Å². The average Bonchev–Trinajstić information content (AvgIpc) is 2.58. The van der Waals surface area contributed by atoms with Crippen LogP contribution in [0.2, 0.25) is 0 Å². The molecule has 0 aromatic heterocycles. The number of alkyl carbamates (subject to hydrolysis) is 1. The number of hydrogen-bond acceptors (Lipinski definition) is 6. The molecular formula is C16H20N2O8. The van der Waals surface area contributed by atoms with E-state index in [1.54, 1.807) is 24.3 Å². The monoisotopic (exact) mass is 368 g/mol. The zero-order valence-corrected chi connectivity index (χ0v) is 13.8. The number of aliphatic hydroxyl groups excluding tert-OH is 1. The number of carboxylic acids is 2. The molecule has 2 amide bonds. The highest BCUT2D eigenvalue weighted by atomic mass is 16.5. The Kier molecular flexibility index (Phi) is 8.58. The number of nitrogens with one attached hydrogen (secondary N) is 2. The van der Waals surface area contributed by atoms with Crippen molar-refractivity contribution in [3.05, 3.63) is 35.9 Å². The third-order valence-electron chi connectivity index (χ3n) is 3.13. The molecule has 10 heteroatoms. The quantitative estimate of drug-likeness (QED) is 0.376. The van der Waals surface area contributed by atoms with Gasteiger partial charge in [-0.2, -0.15) is 0 Å². The van der Waals surface area contributed by atoms with Gasteiger partial charge in [-0.25, -0.2) is 9.59 Å². The van der Waals surface area contributed by atoms with Gasteiger partial charge in [-0.1, -0.05) is 30.3 Å². The summed E-state index contributed by atoms with van der Waals surface area (Å²) in [6.07, 6.45) is -3.38. The van der Waals surface area contributed by atoms with E-state index in [-0.39, 0.29) is 13.2 Å². The van der Waals surface area contributed by atoms with Crippen molar-refractivity contribution in [3.63, 3.8) is 0 Å². The number of aliphatic hydroxyl groups is 1. The maximum absolute atomic E-state index is 11.6. The summed E-state index contributed by atoms with van der Waals surface area (Å²) in [5, 5.41) is 31.3. The third-order valence-corrected chi connectivity index (χ3v) is 3.13. The van der Waals surface area contributed by atoms with Crippen LogP contribution in [0, 0.1) is 0 Å². The van der Waals surface area contributed by atoms with E-state index >= 15 is 0 Å². The first-order valence-corrected chi connectivity index (χ1v) is 7.64. The molecule has 0 unspecified atom stereocenters. The van der Waals surface area contributed by atoms with Crippen molar-refractivity contribution in [2.75, 3.05) is 6.54 Å². The van der Waals surface area contributed by atoms with Gasteiger partial charge in [0.1, 0.15) is 12.6 Å². The summed E-state index contributed by atoms with van der Waals surface area (Å²) in [6, 6.07) is 7.32. The van der Waals surface area contributed by atoms with Crippen LogP contribution in [-0.2, 0) is 25.7 Å². The molecule has 0 bridgehead atoms. The molecule has 26 heavy (non-hydrogen) atoms. The molecule has 1 aromatic carbocycles. The third kappa shape index (κ3) is 8.64. The second kappa shape index (κ2) is 10.7. The van der Waals surface area contributed by atoms with E-state index in [1.807, 2.05) is 11.4 Å². The number of carbonyl (C=O) groups excluding carboxylic acids is 2. The Balaban J connectivity index is 2.30. The summed E-state index contributed by atoms with van der Waals surface area (Å²) >= 11 is 0. The molecule has 142 valence electrons. The van der Waals surface area contributed by atoms with E-state index < -0.39 is 48.9 Å². The van der Waals surface area contributed by atoms with Gasteiger partial charge in [-0.15, -0.1) is 0 Å². The summed E-state index contributed by atoms with van der Waals surface area (Å²) < 4.78 is 4.92. The SMILES string of the molecule is O=C(O)C[C@H](NC(=O)C[C@H](O)CNC(=O)OCc1ccccc1)C(=O)O. The maximum Gasteiger partial charge on any atom is 0.407 e. The number of carboxylic acid groups (broad SMARTS) is 2. The predicted molar refractivity (Wildman–Crippen MR) is 87.1 cm³/mol. The van der Waals surface area contributed by atoms with Gasteiger partial charge in [0.15, 0.2) is 0 Å². The molecule has 0 saturated heterocycles. The molecule has 0 radical (unpaired) electrons. The van der Waals surface area contributed by atoms with Gasteiger partial charge in [-0.3, -0.25) is 9.59 Å². The molecule has 1 rings (SSSR count). The van der Waals surface area contributed by atoms with Crippen molar-refractivity contribution >= 4 is 23.9 Å². The van der Waals surface area contributed by atoms with Gasteiger partial charge in [0.25, 0.3) is 0 Å². The number of ether oxygens (including phenoxy) is 1. The molecule has 0 aliphatic rings.